The highest BCUT2D eigenvalue weighted by Gasteiger charge is 2.15. The van der Waals surface area contributed by atoms with E-state index in [4.69, 9.17) is 0 Å². The van der Waals surface area contributed by atoms with Crippen molar-refractivity contribution in [3.8, 4) is 0 Å². The number of rotatable bonds is 5. The van der Waals surface area contributed by atoms with Crippen LogP contribution in [0.3, 0.4) is 0 Å². The Hall–Kier alpha value is -1.49. The normalized spacial score (nSPS) is 11.6. The third-order valence-electron chi connectivity index (χ3n) is 2.06. The largest absolute Gasteiger partial charge is 0.468 e. The van der Waals surface area contributed by atoms with E-state index in [2.05, 4.69) is 10.1 Å². The molecule has 1 N–H and O–H groups in total. The van der Waals surface area contributed by atoms with Gasteiger partial charge >= 0.3 is 5.97 Å². The van der Waals surface area contributed by atoms with Gasteiger partial charge in [0, 0.05) is 5.69 Å². The lowest BCUT2D eigenvalue weighted by molar-refractivity contribution is -0.139. The molecule has 5 heteroatoms. The molecular weight excluding hydrogens is 238 g/mol. The Morgan fingerprint density at radius 1 is 1.35 bits per heavy atom. The molecule has 0 fully saturated rings. The molecule has 1 unspecified atom stereocenters. The molecule has 0 spiro atoms. The van der Waals surface area contributed by atoms with E-state index in [0.717, 1.165) is 5.69 Å². The molecule has 0 aliphatic carbocycles. The Balaban J connectivity index is 2.33. The van der Waals surface area contributed by atoms with Gasteiger partial charge in [-0.05, 0) is 19.1 Å². The molecule has 92 valence electrons. The lowest BCUT2D eigenvalue weighted by atomic mass is 10.3. The van der Waals surface area contributed by atoms with Gasteiger partial charge < -0.3 is 10.1 Å². The van der Waals surface area contributed by atoms with Crippen LogP contribution < -0.4 is 5.32 Å². The highest BCUT2D eigenvalue weighted by molar-refractivity contribution is 8.01. The number of hydrogen-bond donors (Lipinski definition) is 1. The van der Waals surface area contributed by atoms with Gasteiger partial charge in [-0.3, -0.25) is 9.59 Å². The van der Waals surface area contributed by atoms with Crippen LogP contribution in [0.1, 0.15) is 6.92 Å². The quantitative estimate of drug-likeness (QED) is 0.815. The van der Waals surface area contributed by atoms with Gasteiger partial charge in [0.1, 0.15) is 5.25 Å². The predicted molar refractivity (Wildman–Crippen MR) is 69.0 cm³/mol. The summed E-state index contributed by atoms with van der Waals surface area (Å²) in [5.74, 6) is -0.218. The van der Waals surface area contributed by atoms with E-state index in [-0.39, 0.29) is 22.9 Å². The molecule has 1 aromatic carbocycles. The Bertz CT molecular complexity index is 381. The van der Waals surface area contributed by atoms with Gasteiger partial charge in [0.15, 0.2) is 0 Å². The Labute approximate surface area is 105 Å². The van der Waals surface area contributed by atoms with Crippen molar-refractivity contribution >= 4 is 29.3 Å². The minimum atomic E-state index is -0.332. The molecule has 4 nitrogen and oxygen atoms in total. The molecule has 1 amide bonds. The Morgan fingerprint density at radius 3 is 2.59 bits per heavy atom. The number of amides is 1. The van der Waals surface area contributed by atoms with Crippen LogP contribution in [0, 0.1) is 0 Å². The van der Waals surface area contributed by atoms with Crippen LogP contribution in [0.15, 0.2) is 30.3 Å². The SMILES string of the molecule is COC(=O)C(C)SCC(=O)Nc1ccccc1. The summed E-state index contributed by atoms with van der Waals surface area (Å²) in [7, 11) is 1.34. The van der Waals surface area contributed by atoms with E-state index in [0.29, 0.717) is 0 Å². The molecule has 0 aliphatic rings. The standard InChI is InChI=1S/C12H15NO3S/c1-9(12(15)16-2)17-8-11(14)13-10-6-4-3-5-7-10/h3-7,9H,8H2,1-2H3,(H,13,14). The second-order valence-corrected chi connectivity index (χ2v) is 4.72. The molecule has 1 rings (SSSR count). The Kier molecular flexibility index (Phi) is 5.56. The third kappa shape index (κ3) is 4.91. The molecule has 0 saturated heterocycles. The number of nitrogens with one attached hydrogen (secondary N) is 1. The molecule has 17 heavy (non-hydrogen) atoms. The first-order valence-electron chi connectivity index (χ1n) is 5.18. The topological polar surface area (TPSA) is 55.4 Å². The van der Waals surface area contributed by atoms with Crippen LogP contribution in [0.4, 0.5) is 5.69 Å². The van der Waals surface area contributed by atoms with Crippen molar-refractivity contribution in [1.29, 1.82) is 0 Å². The summed E-state index contributed by atoms with van der Waals surface area (Å²) in [6, 6.07) is 9.20. The van der Waals surface area contributed by atoms with E-state index in [9.17, 15) is 9.59 Å². The second-order valence-electron chi connectivity index (χ2n) is 3.39. The fraction of sp³-hybridized carbons (Fsp3) is 0.333. The zero-order valence-electron chi connectivity index (χ0n) is 9.80. The van der Waals surface area contributed by atoms with Crippen LogP contribution in [0.25, 0.3) is 0 Å². The summed E-state index contributed by atoms with van der Waals surface area (Å²) in [4.78, 5) is 22.7. The van der Waals surface area contributed by atoms with E-state index >= 15 is 0 Å². The maximum absolute atomic E-state index is 11.5. The molecular formula is C12H15NO3S. The van der Waals surface area contributed by atoms with Gasteiger partial charge in [0.2, 0.25) is 5.91 Å². The van der Waals surface area contributed by atoms with Crippen molar-refractivity contribution in [3.05, 3.63) is 30.3 Å². The molecule has 0 aliphatic heterocycles. The summed E-state index contributed by atoms with van der Waals surface area (Å²) in [6.07, 6.45) is 0. The number of para-hydroxylation sites is 1. The molecule has 1 atom stereocenters. The lowest BCUT2D eigenvalue weighted by Crippen LogP contribution is -2.20. The van der Waals surface area contributed by atoms with Crippen LogP contribution in [0.5, 0.6) is 0 Å². The van der Waals surface area contributed by atoms with Crippen LogP contribution in [-0.4, -0.2) is 30.0 Å². The predicted octanol–water partition coefficient (Wildman–Crippen LogP) is 1.92. The van der Waals surface area contributed by atoms with Crippen molar-refractivity contribution in [2.75, 3.05) is 18.2 Å². The van der Waals surface area contributed by atoms with Gasteiger partial charge in [-0.15, -0.1) is 11.8 Å². The molecule has 1 aromatic rings. The first-order chi connectivity index (χ1) is 8.13. The van der Waals surface area contributed by atoms with Crippen molar-refractivity contribution in [2.45, 2.75) is 12.2 Å². The lowest BCUT2D eigenvalue weighted by Gasteiger charge is -2.09. The number of thioether (sulfide) groups is 1. The van der Waals surface area contributed by atoms with Crippen molar-refractivity contribution in [2.24, 2.45) is 0 Å². The van der Waals surface area contributed by atoms with Crippen LogP contribution in [-0.2, 0) is 14.3 Å². The van der Waals surface area contributed by atoms with Gasteiger partial charge in [0.25, 0.3) is 0 Å². The summed E-state index contributed by atoms with van der Waals surface area (Å²) < 4.78 is 4.57. The van der Waals surface area contributed by atoms with E-state index in [1.165, 1.54) is 18.9 Å². The molecule has 0 saturated carbocycles. The average molecular weight is 253 g/mol. The van der Waals surface area contributed by atoms with E-state index in [1.54, 1.807) is 6.92 Å². The maximum Gasteiger partial charge on any atom is 0.318 e. The monoisotopic (exact) mass is 253 g/mol. The van der Waals surface area contributed by atoms with Gasteiger partial charge in [-0.1, -0.05) is 18.2 Å². The minimum absolute atomic E-state index is 0.128. The summed E-state index contributed by atoms with van der Waals surface area (Å²) >= 11 is 1.25. The van der Waals surface area contributed by atoms with Crippen LogP contribution >= 0.6 is 11.8 Å². The van der Waals surface area contributed by atoms with Gasteiger partial charge in [0.05, 0.1) is 12.9 Å². The molecule has 0 radical (unpaired) electrons. The van der Waals surface area contributed by atoms with Crippen molar-refractivity contribution in [1.82, 2.24) is 0 Å². The van der Waals surface area contributed by atoms with Gasteiger partial charge in [-0.25, -0.2) is 0 Å². The fourth-order valence-corrected chi connectivity index (χ4v) is 1.86. The highest BCUT2D eigenvalue weighted by atomic mass is 32.2. The third-order valence-corrected chi connectivity index (χ3v) is 3.18. The number of carbonyl (C=O) groups excluding carboxylic acids is 2. The van der Waals surface area contributed by atoms with Gasteiger partial charge in [-0.2, -0.15) is 0 Å². The highest BCUT2D eigenvalue weighted by Crippen LogP contribution is 2.13. The summed E-state index contributed by atoms with van der Waals surface area (Å²) in [5, 5.41) is 2.41. The first kappa shape index (κ1) is 13.6. The number of esters is 1. The number of hydrogen-bond acceptors (Lipinski definition) is 4. The van der Waals surface area contributed by atoms with E-state index in [1.807, 2.05) is 30.3 Å². The van der Waals surface area contributed by atoms with Crippen molar-refractivity contribution < 1.29 is 14.3 Å². The van der Waals surface area contributed by atoms with Crippen LogP contribution in [0.2, 0.25) is 0 Å². The Morgan fingerprint density at radius 2 is 2.00 bits per heavy atom. The average Bonchev–Trinajstić information content (AvgIpc) is 2.36. The number of benzene rings is 1. The zero-order chi connectivity index (χ0) is 12.7. The number of methoxy groups -OCH3 is 1. The molecule has 0 bridgehead atoms. The second kappa shape index (κ2) is 6.96. The van der Waals surface area contributed by atoms with Crippen molar-refractivity contribution in [3.63, 3.8) is 0 Å². The summed E-state index contributed by atoms with van der Waals surface area (Å²) in [6.45, 7) is 1.71. The maximum atomic E-state index is 11.5. The minimum Gasteiger partial charge on any atom is -0.468 e. The summed E-state index contributed by atoms with van der Waals surface area (Å²) in [5.41, 5.74) is 0.754. The number of ether oxygens (including phenoxy) is 1. The molecule has 0 aromatic heterocycles. The fourth-order valence-electron chi connectivity index (χ4n) is 1.15. The molecule has 0 heterocycles. The number of anilines is 1. The zero-order valence-corrected chi connectivity index (χ0v) is 10.6. The smallest absolute Gasteiger partial charge is 0.318 e. The van der Waals surface area contributed by atoms with E-state index < -0.39 is 0 Å². The first-order valence-corrected chi connectivity index (χ1v) is 6.22. The number of carbonyl (C=O) groups is 2.